The zero-order valence-electron chi connectivity index (χ0n) is 22.7. The molecular weight excluding hydrogens is 376 g/mol. The fourth-order valence-electron chi connectivity index (χ4n) is 5.76. The minimum absolute atomic E-state index is 0.0184. The molecule has 0 aromatic heterocycles. The maximum absolute atomic E-state index is 14.5. The van der Waals surface area contributed by atoms with Gasteiger partial charge in [0.05, 0.1) is 0 Å². The van der Waals surface area contributed by atoms with E-state index in [1.165, 1.54) is 109 Å². The third kappa shape index (κ3) is 13.3. The van der Waals surface area contributed by atoms with Crippen molar-refractivity contribution in [1.82, 2.24) is 0 Å². The van der Waals surface area contributed by atoms with Crippen molar-refractivity contribution in [3.8, 4) is 0 Å². The molecule has 0 bridgehead atoms. The summed E-state index contributed by atoms with van der Waals surface area (Å²) in [5, 5.41) is 14.5. The Kier molecular flexibility index (Phi) is 20.5. The lowest BCUT2D eigenvalue weighted by molar-refractivity contribution is -0.155. The summed E-state index contributed by atoms with van der Waals surface area (Å²) in [6.07, 6.45) is 28.7. The molecule has 0 aromatic rings. The molecule has 0 heterocycles. The summed E-state index contributed by atoms with van der Waals surface area (Å²) < 4.78 is 0. The van der Waals surface area contributed by atoms with Crippen LogP contribution in [-0.4, -0.2) is 5.60 Å². The van der Waals surface area contributed by atoms with Crippen LogP contribution >= 0.6 is 0 Å². The van der Waals surface area contributed by atoms with Crippen molar-refractivity contribution in [3.63, 3.8) is 0 Å². The molecule has 0 fully saturated rings. The Morgan fingerprint density at radius 1 is 0.387 bits per heavy atom. The number of hydrogen-bond donors (Lipinski definition) is 0. The predicted molar refractivity (Wildman–Crippen MR) is 140 cm³/mol. The van der Waals surface area contributed by atoms with Crippen LogP contribution in [0.15, 0.2) is 0 Å². The highest BCUT2D eigenvalue weighted by Gasteiger charge is 2.47. The van der Waals surface area contributed by atoms with E-state index < -0.39 is 5.60 Å². The number of rotatable bonds is 24. The van der Waals surface area contributed by atoms with Crippen LogP contribution in [0.5, 0.6) is 0 Å². The lowest BCUT2D eigenvalue weighted by atomic mass is 9.61. The van der Waals surface area contributed by atoms with Crippen molar-refractivity contribution in [1.29, 1.82) is 0 Å². The average Bonchev–Trinajstić information content (AvgIpc) is 2.78. The second-order valence-corrected chi connectivity index (χ2v) is 10.5. The molecule has 0 saturated heterocycles. The standard InChI is InChI=1S/C30H61O/c1-6-11-14-17-20-23-26-29(9-4,10-5)30(31,27-24-21-18-15-12-7-2)28-25-22-19-16-13-8-3/h6-28H2,1-5H3. The van der Waals surface area contributed by atoms with Crippen molar-refractivity contribution < 1.29 is 5.11 Å². The Morgan fingerprint density at radius 2 is 0.677 bits per heavy atom. The minimum Gasteiger partial charge on any atom is -0.229 e. The first kappa shape index (κ1) is 31.0. The summed E-state index contributed by atoms with van der Waals surface area (Å²) in [7, 11) is 0. The van der Waals surface area contributed by atoms with Gasteiger partial charge in [0.25, 0.3) is 0 Å². The highest BCUT2D eigenvalue weighted by molar-refractivity contribution is 4.97. The fourth-order valence-corrected chi connectivity index (χ4v) is 5.76. The van der Waals surface area contributed by atoms with Crippen LogP contribution in [0.3, 0.4) is 0 Å². The van der Waals surface area contributed by atoms with Gasteiger partial charge >= 0.3 is 0 Å². The second-order valence-electron chi connectivity index (χ2n) is 10.5. The summed E-state index contributed by atoms with van der Waals surface area (Å²) in [5.74, 6) is 0. The quantitative estimate of drug-likeness (QED) is 0.134. The van der Waals surface area contributed by atoms with Crippen molar-refractivity contribution in [2.24, 2.45) is 5.41 Å². The van der Waals surface area contributed by atoms with Gasteiger partial charge in [-0.25, -0.2) is 5.11 Å². The van der Waals surface area contributed by atoms with Crippen molar-refractivity contribution in [2.45, 2.75) is 188 Å². The first-order valence-electron chi connectivity index (χ1n) is 14.8. The van der Waals surface area contributed by atoms with Crippen molar-refractivity contribution >= 4 is 0 Å². The van der Waals surface area contributed by atoms with E-state index in [9.17, 15) is 5.11 Å². The third-order valence-electron chi connectivity index (χ3n) is 8.20. The van der Waals surface area contributed by atoms with Crippen LogP contribution in [0, 0.1) is 5.41 Å². The molecule has 0 amide bonds. The lowest BCUT2D eigenvalue weighted by Gasteiger charge is -2.46. The van der Waals surface area contributed by atoms with Gasteiger partial charge in [-0.1, -0.05) is 150 Å². The van der Waals surface area contributed by atoms with Gasteiger partial charge in [0.1, 0.15) is 5.60 Å². The van der Waals surface area contributed by atoms with Crippen molar-refractivity contribution in [3.05, 3.63) is 0 Å². The molecule has 1 nitrogen and oxygen atoms in total. The molecule has 0 aliphatic rings. The van der Waals surface area contributed by atoms with Crippen LogP contribution < -0.4 is 0 Å². The van der Waals surface area contributed by atoms with Crippen molar-refractivity contribution in [2.75, 3.05) is 0 Å². The highest BCUT2D eigenvalue weighted by Crippen LogP contribution is 2.49. The molecule has 31 heavy (non-hydrogen) atoms. The van der Waals surface area contributed by atoms with E-state index in [1.54, 1.807) is 0 Å². The Morgan fingerprint density at radius 3 is 1.00 bits per heavy atom. The van der Waals surface area contributed by atoms with E-state index in [4.69, 9.17) is 0 Å². The molecule has 0 N–H and O–H groups in total. The first-order chi connectivity index (χ1) is 15.1. The van der Waals surface area contributed by atoms with Gasteiger partial charge in [0.15, 0.2) is 0 Å². The van der Waals surface area contributed by atoms with Crippen LogP contribution in [0.1, 0.15) is 182 Å². The average molecular weight is 438 g/mol. The molecule has 0 saturated carbocycles. The topological polar surface area (TPSA) is 19.9 Å². The van der Waals surface area contributed by atoms with Gasteiger partial charge in [-0.05, 0) is 32.1 Å². The Balaban J connectivity index is 4.90. The molecule has 0 rings (SSSR count). The minimum atomic E-state index is -0.699. The summed E-state index contributed by atoms with van der Waals surface area (Å²) in [6.45, 7) is 11.5. The molecule has 0 aliphatic heterocycles. The van der Waals surface area contributed by atoms with Crippen LogP contribution in [0.2, 0.25) is 0 Å². The van der Waals surface area contributed by atoms with Crippen LogP contribution in [0.25, 0.3) is 0 Å². The Labute approximate surface area is 198 Å². The van der Waals surface area contributed by atoms with E-state index in [0.29, 0.717) is 0 Å². The number of unbranched alkanes of at least 4 members (excludes halogenated alkanes) is 15. The fraction of sp³-hybridized carbons (Fsp3) is 1.00. The first-order valence-corrected chi connectivity index (χ1v) is 14.8. The molecule has 0 atom stereocenters. The molecular formula is C30H61O. The lowest BCUT2D eigenvalue weighted by Crippen LogP contribution is -2.47. The van der Waals surface area contributed by atoms with Crippen LogP contribution in [0.4, 0.5) is 0 Å². The normalized spacial score (nSPS) is 12.6. The van der Waals surface area contributed by atoms with Gasteiger partial charge in [-0.2, -0.15) is 0 Å². The molecule has 0 unspecified atom stereocenters. The summed E-state index contributed by atoms with van der Waals surface area (Å²) in [5.41, 5.74) is -0.681. The SMILES string of the molecule is CCCCCCCCC([O])(CCCCCCCC)C(CC)(CC)CCCCCCCC. The maximum Gasteiger partial charge on any atom is 0.109 e. The third-order valence-corrected chi connectivity index (χ3v) is 8.20. The largest absolute Gasteiger partial charge is 0.229 e. The van der Waals surface area contributed by atoms with Gasteiger partial charge in [0, 0.05) is 5.41 Å². The van der Waals surface area contributed by atoms with E-state index >= 15 is 0 Å². The molecule has 1 radical (unpaired) electrons. The van der Waals surface area contributed by atoms with Gasteiger partial charge < -0.3 is 0 Å². The molecule has 0 spiro atoms. The number of hydrogen-bond acceptors (Lipinski definition) is 0. The van der Waals surface area contributed by atoms with E-state index in [1.807, 2.05) is 0 Å². The predicted octanol–water partition coefficient (Wildman–Crippen LogP) is 11.2. The monoisotopic (exact) mass is 437 g/mol. The maximum atomic E-state index is 14.5. The van der Waals surface area contributed by atoms with Gasteiger partial charge in [0.2, 0.25) is 0 Å². The Hall–Kier alpha value is -0.0400. The smallest absolute Gasteiger partial charge is 0.109 e. The van der Waals surface area contributed by atoms with Gasteiger partial charge in [-0.15, -0.1) is 0 Å². The summed E-state index contributed by atoms with van der Waals surface area (Å²) >= 11 is 0. The zero-order chi connectivity index (χ0) is 23.3. The summed E-state index contributed by atoms with van der Waals surface area (Å²) in [6, 6.07) is 0. The zero-order valence-corrected chi connectivity index (χ0v) is 22.7. The molecule has 187 valence electrons. The molecule has 0 aromatic carbocycles. The molecule has 1 heteroatoms. The second kappa shape index (κ2) is 20.6. The van der Waals surface area contributed by atoms with E-state index in [-0.39, 0.29) is 5.41 Å². The van der Waals surface area contributed by atoms with E-state index in [2.05, 4.69) is 34.6 Å². The Bertz CT molecular complexity index is 341. The highest BCUT2D eigenvalue weighted by atomic mass is 16.3. The van der Waals surface area contributed by atoms with E-state index in [0.717, 1.165) is 38.5 Å². The summed E-state index contributed by atoms with van der Waals surface area (Å²) in [4.78, 5) is 0. The van der Waals surface area contributed by atoms with Crippen LogP contribution in [-0.2, 0) is 5.11 Å². The van der Waals surface area contributed by atoms with Gasteiger partial charge in [-0.3, -0.25) is 0 Å². The molecule has 0 aliphatic carbocycles.